The van der Waals surface area contributed by atoms with E-state index in [1.54, 1.807) is 0 Å². The minimum Gasteiger partial charge on any atom is -0.388 e. The topological polar surface area (TPSA) is 84.1 Å². The maximum absolute atomic E-state index is 9.89. The summed E-state index contributed by atoms with van der Waals surface area (Å²) in [7, 11) is 0. The van der Waals surface area contributed by atoms with Crippen LogP contribution in [0.15, 0.2) is 0 Å². The highest BCUT2D eigenvalue weighted by Crippen LogP contribution is 2.33. The van der Waals surface area contributed by atoms with Crippen LogP contribution in [0.25, 0.3) is 0 Å². The van der Waals surface area contributed by atoms with E-state index in [0.717, 1.165) is 19.3 Å². The number of hydrogen-bond acceptors (Lipinski definition) is 5. The van der Waals surface area contributed by atoms with Gasteiger partial charge >= 0.3 is 0 Å². The van der Waals surface area contributed by atoms with E-state index in [-0.39, 0.29) is 16.1 Å². The van der Waals surface area contributed by atoms with Crippen LogP contribution in [0.2, 0.25) is 10.2 Å². The summed E-state index contributed by atoms with van der Waals surface area (Å²) in [6.45, 7) is 0.388. The number of halogens is 2. The number of nitrogens with one attached hydrogen (secondary N) is 1. The maximum Gasteiger partial charge on any atom is 0.223 e. The average molecular weight is 263 g/mol. The molecular weight excluding hydrogens is 251 g/mol. The zero-order chi connectivity index (χ0) is 11.8. The van der Waals surface area contributed by atoms with Crippen LogP contribution >= 0.6 is 23.2 Å². The van der Waals surface area contributed by atoms with Crippen LogP contribution < -0.4 is 11.1 Å². The maximum atomic E-state index is 9.89. The normalized spacial score (nSPS) is 17.9. The summed E-state index contributed by atoms with van der Waals surface area (Å²) in [5.74, 6) is 0.414. The third-order valence-corrected chi connectivity index (χ3v) is 3.43. The summed E-state index contributed by atoms with van der Waals surface area (Å²) < 4.78 is 0. The van der Waals surface area contributed by atoms with Gasteiger partial charge in [-0.2, -0.15) is 9.97 Å². The van der Waals surface area contributed by atoms with Gasteiger partial charge in [0.05, 0.1) is 5.60 Å². The summed E-state index contributed by atoms with van der Waals surface area (Å²) in [6, 6.07) is 0. The number of aromatic nitrogens is 2. The van der Waals surface area contributed by atoms with Gasteiger partial charge in [-0.1, -0.05) is 23.2 Å². The highest BCUT2D eigenvalue weighted by Gasteiger charge is 2.34. The predicted molar refractivity (Wildman–Crippen MR) is 63.8 cm³/mol. The first-order valence-electron chi connectivity index (χ1n) is 4.95. The van der Waals surface area contributed by atoms with Crippen molar-refractivity contribution < 1.29 is 5.11 Å². The molecule has 1 aromatic rings. The van der Waals surface area contributed by atoms with Crippen LogP contribution in [0, 0.1) is 0 Å². The Kier molecular flexibility index (Phi) is 3.10. The van der Waals surface area contributed by atoms with Gasteiger partial charge in [0.2, 0.25) is 5.95 Å². The number of nitrogens with zero attached hydrogens (tertiary/aromatic N) is 2. The Morgan fingerprint density at radius 1 is 1.38 bits per heavy atom. The van der Waals surface area contributed by atoms with E-state index in [1.165, 1.54) is 0 Å². The van der Waals surface area contributed by atoms with Crippen molar-refractivity contribution in [2.45, 2.75) is 24.9 Å². The van der Waals surface area contributed by atoms with Crippen LogP contribution in [0.5, 0.6) is 0 Å². The molecule has 7 heteroatoms. The number of aliphatic hydroxyl groups is 1. The van der Waals surface area contributed by atoms with Gasteiger partial charge in [0.15, 0.2) is 11.0 Å². The van der Waals surface area contributed by atoms with E-state index in [2.05, 4.69) is 15.3 Å². The van der Waals surface area contributed by atoms with E-state index in [0.29, 0.717) is 12.4 Å². The van der Waals surface area contributed by atoms with Crippen LogP contribution in [-0.4, -0.2) is 27.2 Å². The first kappa shape index (κ1) is 11.7. The van der Waals surface area contributed by atoms with Gasteiger partial charge in [-0.15, -0.1) is 0 Å². The van der Waals surface area contributed by atoms with Crippen LogP contribution in [0.3, 0.4) is 0 Å². The Balaban J connectivity index is 2.09. The quantitative estimate of drug-likeness (QED) is 0.723. The van der Waals surface area contributed by atoms with E-state index in [1.807, 2.05) is 0 Å². The molecular formula is C9H12Cl2N4O. The first-order valence-corrected chi connectivity index (χ1v) is 5.70. The van der Waals surface area contributed by atoms with Crippen molar-refractivity contribution >= 4 is 35.0 Å². The molecule has 1 aliphatic rings. The van der Waals surface area contributed by atoms with E-state index in [4.69, 9.17) is 28.9 Å². The van der Waals surface area contributed by atoms with E-state index >= 15 is 0 Å². The van der Waals surface area contributed by atoms with Gasteiger partial charge in [0, 0.05) is 6.54 Å². The molecule has 0 amide bonds. The second-order valence-electron chi connectivity index (χ2n) is 3.97. The van der Waals surface area contributed by atoms with E-state index in [9.17, 15) is 5.11 Å². The minimum atomic E-state index is -0.657. The molecule has 16 heavy (non-hydrogen) atoms. The highest BCUT2D eigenvalue weighted by molar-refractivity contribution is 6.42. The lowest BCUT2D eigenvalue weighted by atomic mass is 9.80. The molecule has 0 aliphatic heterocycles. The van der Waals surface area contributed by atoms with Crippen molar-refractivity contribution in [1.82, 2.24) is 9.97 Å². The minimum absolute atomic E-state index is 0.0532. The van der Waals surface area contributed by atoms with Crippen LogP contribution in [0.1, 0.15) is 19.3 Å². The Bertz CT molecular complexity index is 409. The largest absolute Gasteiger partial charge is 0.388 e. The monoisotopic (exact) mass is 262 g/mol. The molecule has 5 nitrogen and oxygen atoms in total. The summed E-state index contributed by atoms with van der Waals surface area (Å²) in [6.07, 6.45) is 2.61. The van der Waals surface area contributed by atoms with Crippen molar-refractivity contribution in [1.29, 1.82) is 0 Å². The highest BCUT2D eigenvalue weighted by atomic mass is 35.5. The number of anilines is 2. The third-order valence-electron chi connectivity index (χ3n) is 2.70. The zero-order valence-electron chi connectivity index (χ0n) is 8.50. The molecule has 1 aliphatic carbocycles. The molecule has 1 saturated carbocycles. The summed E-state index contributed by atoms with van der Waals surface area (Å²) in [5, 5.41) is 13.2. The fourth-order valence-electron chi connectivity index (χ4n) is 1.56. The van der Waals surface area contributed by atoms with Crippen LogP contribution in [0.4, 0.5) is 11.8 Å². The van der Waals surface area contributed by atoms with Gasteiger partial charge in [0.25, 0.3) is 0 Å². The lowest BCUT2D eigenvalue weighted by Gasteiger charge is -2.36. The number of nitrogen functional groups attached to an aromatic ring is 1. The molecule has 0 atom stereocenters. The molecule has 0 spiro atoms. The van der Waals surface area contributed by atoms with Gasteiger partial charge < -0.3 is 16.2 Å². The molecule has 0 unspecified atom stereocenters. The SMILES string of the molecule is Nc1nc(Cl)c(Cl)c(NCC2(O)CCC2)n1. The molecule has 2 rings (SSSR count). The number of nitrogens with two attached hydrogens (primary N) is 1. The number of hydrogen-bond donors (Lipinski definition) is 3. The van der Waals surface area contributed by atoms with Crippen molar-refractivity contribution in [3.05, 3.63) is 10.2 Å². The fourth-order valence-corrected chi connectivity index (χ4v) is 1.89. The standard InChI is InChI=1S/C9H12Cl2N4O/c10-5-6(11)14-8(12)15-7(5)13-4-9(16)2-1-3-9/h16H,1-4H2,(H3,12,13,14,15). The lowest BCUT2D eigenvalue weighted by Crippen LogP contribution is -2.43. The molecule has 0 aromatic carbocycles. The molecule has 0 radical (unpaired) electrons. The second kappa shape index (κ2) is 4.24. The Morgan fingerprint density at radius 2 is 2.06 bits per heavy atom. The smallest absolute Gasteiger partial charge is 0.223 e. The molecule has 0 saturated heterocycles. The van der Waals surface area contributed by atoms with Crippen molar-refractivity contribution in [2.75, 3.05) is 17.6 Å². The lowest BCUT2D eigenvalue weighted by molar-refractivity contribution is -0.0202. The second-order valence-corrected chi connectivity index (χ2v) is 4.70. The fraction of sp³-hybridized carbons (Fsp3) is 0.556. The molecule has 1 heterocycles. The Morgan fingerprint density at radius 3 is 2.62 bits per heavy atom. The van der Waals surface area contributed by atoms with E-state index < -0.39 is 5.60 Å². The Labute approximate surface area is 103 Å². The van der Waals surface area contributed by atoms with Gasteiger partial charge in [-0.05, 0) is 19.3 Å². The first-order chi connectivity index (χ1) is 7.50. The molecule has 4 N–H and O–H groups in total. The average Bonchev–Trinajstić information content (AvgIpc) is 2.18. The van der Waals surface area contributed by atoms with Gasteiger partial charge in [-0.25, -0.2) is 0 Å². The summed E-state index contributed by atoms with van der Waals surface area (Å²) in [5.41, 5.74) is 4.79. The Hall–Kier alpha value is -0.780. The van der Waals surface area contributed by atoms with Crippen molar-refractivity contribution in [3.8, 4) is 0 Å². The zero-order valence-corrected chi connectivity index (χ0v) is 10.0. The molecule has 1 fully saturated rings. The van der Waals surface area contributed by atoms with Gasteiger partial charge in [-0.3, -0.25) is 0 Å². The summed E-state index contributed by atoms with van der Waals surface area (Å²) in [4.78, 5) is 7.63. The predicted octanol–water partition coefficient (Wildman–Crippen LogP) is 1.69. The third kappa shape index (κ3) is 2.31. The van der Waals surface area contributed by atoms with Crippen molar-refractivity contribution in [2.24, 2.45) is 0 Å². The molecule has 88 valence electrons. The van der Waals surface area contributed by atoms with Crippen LogP contribution in [-0.2, 0) is 0 Å². The molecule has 1 aromatic heterocycles. The number of rotatable bonds is 3. The summed E-state index contributed by atoms with van der Waals surface area (Å²) >= 11 is 11.7. The van der Waals surface area contributed by atoms with Crippen molar-refractivity contribution in [3.63, 3.8) is 0 Å². The van der Waals surface area contributed by atoms with Gasteiger partial charge in [0.1, 0.15) is 5.02 Å². The molecule has 0 bridgehead atoms.